The van der Waals surface area contributed by atoms with Crippen molar-refractivity contribution in [3.8, 4) is 0 Å². The number of carbonyl (C=O) groups excluding carboxylic acids is 2. The molecule has 4 heterocycles. The Morgan fingerprint density at radius 2 is 1.60 bits per heavy atom. The van der Waals surface area contributed by atoms with Crippen molar-refractivity contribution in [3.05, 3.63) is 66.0 Å². The second-order valence-corrected chi connectivity index (χ2v) is 11.4. The Morgan fingerprint density at radius 1 is 0.956 bits per heavy atom. The first kappa shape index (κ1) is 39.3. The van der Waals surface area contributed by atoms with Crippen molar-refractivity contribution >= 4 is 29.8 Å². The number of piperidine rings is 2. The van der Waals surface area contributed by atoms with Crippen LogP contribution in [0.3, 0.4) is 0 Å². The van der Waals surface area contributed by atoms with Crippen LogP contribution in [0, 0.1) is 19.8 Å². The van der Waals surface area contributed by atoms with Crippen LogP contribution < -0.4 is 10.2 Å². The molecule has 2 aliphatic heterocycles. The Kier molecular flexibility index (Phi) is 18.5. The van der Waals surface area contributed by atoms with E-state index in [1.54, 1.807) is 0 Å². The molecule has 3 aromatic rings. The lowest BCUT2D eigenvalue weighted by molar-refractivity contribution is -0.0980. The van der Waals surface area contributed by atoms with E-state index < -0.39 is 0 Å². The lowest BCUT2D eigenvalue weighted by atomic mass is 9.97. The molecule has 8 nitrogen and oxygen atoms in total. The molecule has 0 aliphatic carbocycles. The molecule has 2 fully saturated rings. The molecule has 0 saturated carbocycles. The summed E-state index contributed by atoms with van der Waals surface area (Å²) in [5.41, 5.74) is 5.50. The maximum Gasteiger partial charge on any atom is 0.256 e. The van der Waals surface area contributed by atoms with Crippen LogP contribution in [0.2, 0.25) is 0 Å². The number of unbranched alkanes of at least 4 members (excludes halogenated alkanes) is 2. The fourth-order valence-electron chi connectivity index (χ4n) is 5.77. The summed E-state index contributed by atoms with van der Waals surface area (Å²) in [6, 6.07) is 10.2. The normalized spacial score (nSPS) is 16.0. The second kappa shape index (κ2) is 21.1. The van der Waals surface area contributed by atoms with Gasteiger partial charge in [0.15, 0.2) is 5.65 Å². The zero-order valence-electron chi connectivity index (χ0n) is 29.5. The first-order valence-corrected chi connectivity index (χ1v) is 16.9. The summed E-state index contributed by atoms with van der Waals surface area (Å²) in [5, 5.41) is 8.25. The van der Waals surface area contributed by atoms with Crippen LogP contribution in [0.5, 0.6) is 0 Å². The zero-order valence-corrected chi connectivity index (χ0v) is 29.5. The van der Waals surface area contributed by atoms with Crippen LogP contribution in [-0.2, 0) is 4.79 Å². The van der Waals surface area contributed by atoms with Crippen molar-refractivity contribution in [1.29, 1.82) is 0 Å². The molecule has 2 saturated heterocycles. The van der Waals surface area contributed by atoms with E-state index in [1.165, 1.54) is 32.1 Å². The molecule has 1 atom stereocenters. The topological polar surface area (TPSA) is 82.8 Å². The fraction of sp³-hybridized carbons (Fsp3) is 0.568. The summed E-state index contributed by atoms with van der Waals surface area (Å²) in [6.45, 7) is 25.7. The molecule has 8 heteroatoms. The molecule has 1 amide bonds. The van der Waals surface area contributed by atoms with E-state index in [0.717, 1.165) is 84.5 Å². The van der Waals surface area contributed by atoms with Gasteiger partial charge in [-0.25, -0.2) is 4.98 Å². The van der Waals surface area contributed by atoms with E-state index in [4.69, 9.17) is 14.9 Å². The number of amides is 1. The minimum Gasteiger partial charge on any atom is -0.387 e. The summed E-state index contributed by atoms with van der Waals surface area (Å²) in [7, 11) is 1.87. The highest BCUT2D eigenvalue weighted by Crippen LogP contribution is 2.34. The number of fused-ring (bicyclic) bond motifs is 1. The van der Waals surface area contributed by atoms with Gasteiger partial charge < -0.3 is 19.9 Å². The number of anilines is 2. The van der Waals surface area contributed by atoms with Gasteiger partial charge in [-0.3, -0.25) is 4.79 Å². The monoisotopic (exact) mass is 620 g/mol. The highest BCUT2D eigenvalue weighted by Gasteiger charge is 2.32. The number of nitrogens with zero attached hydrogens (tertiary/aromatic N) is 5. The Labute approximate surface area is 273 Å². The smallest absolute Gasteiger partial charge is 0.256 e. The maximum absolute atomic E-state index is 13.8. The maximum atomic E-state index is 13.8. The van der Waals surface area contributed by atoms with Gasteiger partial charge in [-0.15, -0.1) is 13.2 Å². The van der Waals surface area contributed by atoms with Crippen LogP contribution in [0.1, 0.15) is 119 Å². The molecule has 0 spiro atoms. The van der Waals surface area contributed by atoms with Crippen LogP contribution >= 0.6 is 0 Å². The van der Waals surface area contributed by atoms with Gasteiger partial charge in [0.05, 0.1) is 17.3 Å². The molecule has 0 bridgehead atoms. The third kappa shape index (κ3) is 10.7. The Morgan fingerprint density at radius 3 is 2.18 bits per heavy atom. The predicted molar refractivity (Wildman–Crippen MR) is 192 cm³/mol. The molecular weight excluding hydrogens is 560 g/mol. The Bertz CT molecular complexity index is 1280. The van der Waals surface area contributed by atoms with Gasteiger partial charge in [0, 0.05) is 50.2 Å². The van der Waals surface area contributed by atoms with E-state index >= 15 is 0 Å². The summed E-state index contributed by atoms with van der Waals surface area (Å²) in [5.74, 6) is 1.96. The number of likely N-dealkylation sites (tertiary alicyclic amines) is 1. The standard InChI is InChI=1S/C27H36N6O.C5H12.C2H6.C2H4.CH2O/c1-18-10-13-31(14-11-18)26-16-20(3)29-25-17-23(30-33(25)26)24-7-5-6-12-32(24)27(34)21-15-19(2)8-9-22(21)28-4;1-3-5-4-2;3*1-2/h8-9,15-18,24,28H,5-7,10-14H2,1-4H3;3-5H2,1-2H3;1-2H3;1-2H2;1H2. The largest absolute Gasteiger partial charge is 0.387 e. The molecule has 0 radical (unpaired) electrons. The third-order valence-corrected chi connectivity index (χ3v) is 8.15. The van der Waals surface area contributed by atoms with Gasteiger partial charge in [-0.1, -0.05) is 65.5 Å². The second-order valence-electron chi connectivity index (χ2n) is 11.4. The van der Waals surface area contributed by atoms with Crippen LogP contribution in [0.4, 0.5) is 11.5 Å². The van der Waals surface area contributed by atoms with Crippen molar-refractivity contribution in [3.63, 3.8) is 0 Å². The average molecular weight is 621 g/mol. The number of rotatable bonds is 6. The van der Waals surface area contributed by atoms with Gasteiger partial charge in [-0.05, 0) is 64.0 Å². The molecule has 250 valence electrons. The fourth-order valence-corrected chi connectivity index (χ4v) is 5.77. The number of hydrogen-bond acceptors (Lipinski definition) is 6. The lowest BCUT2D eigenvalue weighted by Crippen LogP contribution is -2.39. The van der Waals surface area contributed by atoms with Crippen molar-refractivity contribution in [2.45, 2.75) is 106 Å². The zero-order chi connectivity index (χ0) is 33.9. The van der Waals surface area contributed by atoms with E-state index in [1.807, 2.05) is 62.2 Å². The molecular formula is C37H60N6O2. The number of aryl methyl sites for hydroxylation is 2. The number of aromatic nitrogens is 3. The Hall–Kier alpha value is -3.68. The van der Waals surface area contributed by atoms with E-state index in [0.29, 0.717) is 0 Å². The van der Waals surface area contributed by atoms with Gasteiger partial charge in [0.25, 0.3) is 5.91 Å². The summed E-state index contributed by atoms with van der Waals surface area (Å²) >= 11 is 0. The van der Waals surface area contributed by atoms with E-state index in [-0.39, 0.29) is 11.9 Å². The quantitative estimate of drug-likeness (QED) is 0.277. The summed E-state index contributed by atoms with van der Waals surface area (Å²) in [6.07, 6.45) is 9.51. The predicted octanol–water partition coefficient (Wildman–Crippen LogP) is 8.83. The SMILES string of the molecule is C=C.C=O.CC.CCCCC.CNc1ccc(C)cc1C(=O)N1CCCCC1c1cc2nc(C)cc(N3CCC(C)CC3)n2n1. The van der Waals surface area contributed by atoms with Gasteiger partial charge >= 0.3 is 0 Å². The minimum atomic E-state index is -0.0392. The molecule has 5 rings (SSSR count). The number of carbonyl (C=O) groups is 2. The van der Waals surface area contributed by atoms with Crippen molar-refractivity contribution in [2.24, 2.45) is 5.92 Å². The van der Waals surface area contributed by atoms with Gasteiger partial charge in [-0.2, -0.15) is 9.61 Å². The average Bonchev–Trinajstić information content (AvgIpc) is 3.52. The first-order valence-electron chi connectivity index (χ1n) is 16.9. The third-order valence-electron chi connectivity index (χ3n) is 8.15. The van der Waals surface area contributed by atoms with Crippen molar-refractivity contribution in [1.82, 2.24) is 19.5 Å². The number of hydrogen-bond donors (Lipinski definition) is 1. The first-order chi connectivity index (χ1) is 21.9. The van der Waals surface area contributed by atoms with Crippen LogP contribution in [-0.4, -0.2) is 58.9 Å². The molecule has 1 unspecified atom stereocenters. The van der Waals surface area contributed by atoms with Gasteiger partial charge in [0.1, 0.15) is 12.6 Å². The van der Waals surface area contributed by atoms with Crippen molar-refractivity contribution in [2.75, 3.05) is 36.9 Å². The molecule has 45 heavy (non-hydrogen) atoms. The highest BCUT2D eigenvalue weighted by molar-refractivity contribution is 6.00. The number of nitrogens with one attached hydrogen (secondary N) is 1. The minimum absolute atomic E-state index is 0.0392. The van der Waals surface area contributed by atoms with E-state index in [9.17, 15) is 4.79 Å². The Balaban J connectivity index is 0.000000815. The van der Waals surface area contributed by atoms with E-state index in [2.05, 4.69) is 63.2 Å². The lowest BCUT2D eigenvalue weighted by Gasteiger charge is -2.35. The number of benzene rings is 1. The summed E-state index contributed by atoms with van der Waals surface area (Å²) < 4.78 is 2.00. The highest BCUT2D eigenvalue weighted by atomic mass is 16.2. The van der Waals surface area contributed by atoms with Gasteiger partial charge in [0.2, 0.25) is 0 Å². The van der Waals surface area contributed by atoms with Crippen molar-refractivity contribution < 1.29 is 9.59 Å². The van der Waals surface area contributed by atoms with Crippen LogP contribution in [0.25, 0.3) is 5.65 Å². The molecule has 1 aromatic carbocycles. The molecule has 2 aliphatic rings. The summed E-state index contributed by atoms with van der Waals surface area (Å²) in [4.78, 5) is 31.0. The van der Waals surface area contributed by atoms with Crippen LogP contribution in [0.15, 0.2) is 43.5 Å². The molecule has 1 N–H and O–H groups in total. The molecule has 2 aromatic heterocycles.